The Balaban J connectivity index is 1.33. The molecule has 0 fully saturated rings. The minimum absolute atomic E-state index is 0.661. The number of benzene rings is 6. The summed E-state index contributed by atoms with van der Waals surface area (Å²) in [6.07, 6.45) is 0. The van der Waals surface area contributed by atoms with Crippen molar-refractivity contribution in [1.29, 1.82) is 0 Å². The summed E-state index contributed by atoms with van der Waals surface area (Å²) in [5, 5.41) is 4.98. The number of hydrogen-bond donors (Lipinski definition) is 0. The van der Waals surface area contributed by atoms with E-state index in [0.717, 1.165) is 33.5 Å². The molecule has 0 saturated heterocycles. The number of thiophene rings is 1. The van der Waals surface area contributed by atoms with Gasteiger partial charge < -0.3 is 0 Å². The maximum atomic E-state index is 5.21. The summed E-state index contributed by atoms with van der Waals surface area (Å²) in [6, 6.07) is 53.6. The van der Waals surface area contributed by atoms with E-state index < -0.39 is 0 Å². The maximum absolute atomic E-state index is 5.21. The number of aromatic nitrogens is 3. The molecule has 4 heteroatoms. The Morgan fingerprint density at radius 2 is 1.05 bits per heavy atom. The van der Waals surface area contributed by atoms with Crippen LogP contribution in [0.1, 0.15) is 0 Å². The van der Waals surface area contributed by atoms with Crippen LogP contribution in [0.5, 0.6) is 0 Å². The van der Waals surface area contributed by atoms with Gasteiger partial charge in [-0.25, -0.2) is 9.97 Å². The molecule has 0 bridgehead atoms. The van der Waals surface area contributed by atoms with E-state index in [9.17, 15) is 0 Å². The molecule has 206 valence electrons. The zero-order valence-electron chi connectivity index (χ0n) is 23.7. The molecule has 0 unspecified atom stereocenters. The number of hydrogen-bond acceptors (Lipinski definition) is 3. The van der Waals surface area contributed by atoms with E-state index in [4.69, 9.17) is 9.97 Å². The zero-order valence-corrected chi connectivity index (χ0v) is 24.5. The molecular formula is C40H25N3S. The Morgan fingerprint density at radius 3 is 1.80 bits per heavy atom. The van der Waals surface area contributed by atoms with Gasteiger partial charge in [-0.05, 0) is 35.4 Å². The fraction of sp³-hybridized carbons (Fsp3) is 0. The Morgan fingerprint density at radius 1 is 0.432 bits per heavy atom. The van der Waals surface area contributed by atoms with E-state index in [-0.39, 0.29) is 0 Å². The van der Waals surface area contributed by atoms with Gasteiger partial charge in [0, 0.05) is 42.1 Å². The van der Waals surface area contributed by atoms with Crippen LogP contribution in [-0.2, 0) is 0 Å². The lowest BCUT2D eigenvalue weighted by Gasteiger charge is -2.12. The number of rotatable bonds is 4. The second-order valence-corrected chi connectivity index (χ2v) is 12.1. The van der Waals surface area contributed by atoms with E-state index in [1.165, 1.54) is 42.1 Å². The highest BCUT2D eigenvalue weighted by molar-refractivity contribution is 7.26. The Kier molecular flexibility index (Phi) is 5.68. The van der Waals surface area contributed by atoms with E-state index in [0.29, 0.717) is 5.95 Å². The number of para-hydroxylation sites is 1. The highest BCUT2D eigenvalue weighted by Crippen LogP contribution is 2.41. The first-order valence-electron chi connectivity index (χ1n) is 14.8. The van der Waals surface area contributed by atoms with Crippen molar-refractivity contribution in [3.05, 3.63) is 152 Å². The minimum Gasteiger partial charge on any atom is -0.278 e. The fourth-order valence-corrected chi connectivity index (χ4v) is 7.61. The van der Waals surface area contributed by atoms with Crippen molar-refractivity contribution >= 4 is 53.3 Å². The predicted molar refractivity (Wildman–Crippen MR) is 186 cm³/mol. The SMILES string of the molecule is c1ccc(-c2cc(-c3ccccc3)nc(-n3c4ccccc4c4ccc(-c5cccc6c5sc5ccccc56)cc43)n2)cc1. The molecule has 0 aliphatic heterocycles. The van der Waals surface area contributed by atoms with Gasteiger partial charge >= 0.3 is 0 Å². The Bertz CT molecular complexity index is 2430. The molecule has 9 aromatic rings. The molecule has 3 heterocycles. The van der Waals surface area contributed by atoms with E-state index in [1.807, 2.05) is 23.5 Å². The molecule has 44 heavy (non-hydrogen) atoms. The quantitative estimate of drug-likeness (QED) is 0.208. The molecule has 6 aromatic carbocycles. The normalized spacial score (nSPS) is 11.6. The van der Waals surface area contributed by atoms with Gasteiger partial charge in [0.1, 0.15) is 0 Å². The second kappa shape index (κ2) is 10.0. The topological polar surface area (TPSA) is 30.7 Å². The second-order valence-electron chi connectivity index (χ2n) is 11.0. The van der Waals surface area contributed by atoms with Crippen LogP contribution in [0.25, 0.3) is 81.6 Å². The molecule has 0 amide bonds. The van der Waals surface area contributed by atoms with Gasteiger partial charge in [-0.1, -0.05) is 127 Å². The summed E-state index contributed by atoms with van der Waals surface area (Å²) in [5.74, 6) is 0.661. The van der Waals surface area contributed by atoms with Gasteiger partial charge in [-0.3, -0.25) is 4.57 Å². The summed E-state index contributed by atoms with van der Waals surface area (Å²) in [5.41, 5.74) is 8.51. The molecule has 0 N–H and O–H groups in total. The third kappa shape index (κ3) is 3.96. The smallest absolute Gasteiger partial charge is 0.235 e. The molecule has 3 nitrogen and oxygen atoms in total. The highest BCUT2D eigenvalue weighted by Gasteiger charge is 2.18. The number of fused-ring (bicyclic) bond motifs is 6. The third-order valence-corrected chi connectivity index (χ3v) is 9.66. The standard InChI is InChI=1S/C40H25N3S/c1-3-12-26(13-4-1)34-25-35(27-14-5-2-6-15-27)42-40(41-34)43-36-20-9-7-16-30(36)31-23-22-28(24-37(31)43)29-18-11-19-33-32-17-8-10-21-38(32)44-39(29)33/h1-25H. The average Bonchev–Trinajstić information content (AvgIpc) is 3.64. The van der Waals surface area contributed by atoms with Gasteiger partial charge in [0.25, 0.3) is 0 Å². The predicted octanol–water partition coefficient (Wildman–Crippen LogP) is 10.9. The first-order valence-corrected chi connectivity index (χ1v) is 15.6. The Hall–Kier alpha value is -5.58. The lowest BCUT2D eigenvalue weighted by atomic mass is 10.0. The van der Waals surface area contributed by atoms with Crippen LogP contribution in [0.2, 0.25) is 0 Å². The Labute approximate surface area is 258 Å². The van der Waals surface area contributed by atoms with Gasteiger partial charge in [0.05, 0.1) is 22.4 Å². The summed E-state index contributed by atoms with van der Waals surface area (Å²) < 4.78 is 4.85. The van der Waals surface area contributed by atoms with E-state index in [1.54, 1.807) is 0 Å². The molecule has 3 aromatic heterocycles. The van der Waals surface area contributed by atoms with E-state index >= 15 is 0 Å². The van der Waals surface area contributed by atoms with Crippen LogP contribution < -0.4 is 0 Å². The van der Waals surface area contributed by atoms with Crippen molar-refractivity contribution in [2.24, 2.45) is 0 Å². The van der Waals surface area contributed by atoms with Crippen LogP contribution in [0, 0.1) is 0 Å². The molecule has 0 atom stereocenters. The van der Waals surface area contributed by atoms with Gasteiger partial charge in [0.15, 0.2) is 0 Å². The van der Waals surface area contributed by atoms with Crippen LogP contribution >= 0.6 is 11.3 Å². The lowest BCUT2D eigenvalue weighted by Crippen LogP contribution is -2.04. The van der Waals surface area contributed by atoms with Crippen LogP contribution in [-0.4, -0.2) is 14.5 Å². The van der Waals surface area contributed by atoms with Gasteiger partial charge in [-0.2, -0.15) is 0 Å². The largest absolute Gasteiger partial charge is 0.278 e. The summed E-state index contributed by atoms with van der Waals surface area (Å²) >= 11 is 1.86. The van der Waals surface area contributed by atoms with Crippen molar-refractivity contribution in [3.8, 4) is 39.6 Å². The average molecular weight is 580 g/mol. The molecule has 0 saturated carbocycles. The monoisotopic (exact) mass is 579 g/mol. The molecule has 0 spiro atoms. The lowest BCUT2D eigenvalue weighted by molar-refractivity contribution is 0.996. The minimum atomic E-state index is 0.661. The first-order chi connectivity index (χ1) is 21.8. The van der Waals surface area contributed by atoms with Gasteiger partial charge in [0.2, 0.25) is 5.95 Å². The van der Waals surface area contributed by atoms with Crippen molar-refractivity contribution < 1.29 is 0 Å². The van der Waals surface area contributed by atoms with Crippen molar-refractivity contribution in [3.63, 3.8) is 0 Å². The van der Waals surface area contributed by atoms with Gasteiger partial charge in [-0.15, -0.1) is 11.3 Å². The fourth-order valence-electron chi connectivity index (χ4n) is 6.38. The van der Waals surface area contributed by atoms with E-state index in [2.05, 4.69) is 144 Å². The number of nitrogens with zero attached hydrogens (tertiary/aromatic N) is 3. The summed E-state index contributed by atoms with van der Waals surface area (Å²) in [7, 11) is 0. The van der Waals surface area contributed by atoms with Crippen molar-refractivity contribution in [2.45, 2.75) is 0 Å². The molecule has 0 aliphatic rings. The summed E-state index contributed by atoms with van der Waals surface area (Å²) in [6.45, 7) is 0. The molecular weight excluding hydrogens is 555 g/mol. The summed E-state index contributed by atoms with van der Waals surface area (Å²) in [4.78, 5) is 10.4. The molecule has 0 aliphatic carbocycles. The molecule has 9 rings (SSSR count). The highest BCUT2D eigenvalue weighted by atomic mass is 32.1. The van der Waals surface area contributed by atoms with Crippen molar-refractivity contribution in [1.82, 2.24) is 14.5 Å². The zero-order chi connectivity index (χ0) is 29.0. The van der Waals surface area contributed by atoms with Crippen molar-refractivity contribution in [2.75, 3.05) is 0 Å². The third-order valence-electron chi connectivity index (χ3n) is 8.44. The first kappa shape index (κ1) is 25.0. The van der Waals surface area contributed by atoms with Crippen LogP contribution in [0.3, 0.4) is 0 Å². The van der Waals surface area contributed by atoms with Crippen LogP contribution in [0.4, 0.5) is 0 Å². The van der Waals surface area contributed by atoms with Crippen LogP contribution in [0.15, 0.2) is 152 Å². The maximum Gasteiger partial charge on any atom is 0.235 e. The molecule has 0 radical (unpaired) electrons.